The summed E-state index contributed by atoms with van der Waals surface area (Å²) < 4.78 is 5.69. The number of hydrogen-bond acceptors (Lipinski definition) is 4. The van der Waals surface area contributed by atoms with Gasteiger partial charge in [-0.2, -0.15) is 0 Å². The van der Waals surface area contributed by atoms with Gasteiger partial charge >= 0.3 is 0 Å². The molecule has 3 rings (SSSR count). The summed E-state index contributed by atoms with van der Waals surface area (Å²) in [7, 11) is 0. The fraction of sp³-hybridized carbons (Fsp3) is 0.444. The number of carbonyl (C=O) groups is 1. The molecule has 1 amide bonds. The van der Waals surface area contributed by atoms with E-state index in [1.807, 2.05) is 18.2 Å². The summed E-state index contributed by atoms with van der Waals surface area (Å²) >= 11 is 0. The Morgan fingerprint density at radius 1 is 1.13 bits per heavy atom. The van der Waals surface area contributed by atoms with Crippen LogP contribution in [0.3, 0.4) is 0 Å². The fourth-order valence-electron chi connectivity index (χ4n) is 2.88. The Kier molecular flexibility index (Phi) is 5.42. The molecule has 2 aromatic heterocycles. The minimum Gasteiger partial charge on any atom is -0.455 e. The van der Waals surface area contributed by atoms with Crippen LogP contribution in [0.2, 0.25) is 0 Å². The molecule has 5 heteroatoms. The van der Waals surface area contributed by atoms with Crippen molar-refractivity contribution in [2.45, 2.75) is 32.2 Å². The molecule has 3 heterocycles. The summed E-state index contributed by atoms with van der Waals surface area (Å²) in [5.41, 5.74) is 1.16. The van der Waals surface area contributed by atoms with Gasteiger partial charge < -0.3 is 9.73 Å². The van der Waals surface area contributed by atoms with Crippen molar-refractivity contribution in [3.05, 3.63) is 53.7 Å². The monoisotopic (exact) mass is 313 g/mol. The number of furan rings is 1. The molecule has 5 nitrogen and oxygen atoms in total. The second-order valence-electron chi connectivity index (χ2n) is 5.96. The van der Waals surface area contributed by atoms with Crippen molar-refractivity contribution in [1.29, 1.82) is 0 Å². The van der Waals surface area contributed by atoms with Crippen molar-refractivity contribution >= 4 is 5.91 Å². The lowest BCUT2D eigenvalue weighted by atomic mass is 10.1. The lowest BCUT2D eigenvalue weighted by Crippen LogP contribution is -2.29. The van der Waals surface area contributed by atoms with Gasteiger partial charge in [0.05, 0.1) is 6.54 Å². The topological polar surface area (TPSA) is 58.4 Å². The predicted octanol–water partition coefficient (Wildman–Crippen LogP) is 2.63. The third-order valence-corrected chi connectivity index (χ3v) is 4.16. The van der Waals surface area contributed by atoms with E-state index < -0.39 is 0 Å². The molecule has 0 saturated carbocycles. The van der Waals surface area contributed by atoms with E-state index in [0.29, 0.717) is 12.3 Å². The lowest BCUT2D eigenvalue weighted by Gasteiger charge is -2.25. The molecule has 0 bridgehead atoms. The Balaban J connectivity index is 1.46. The van der Waals surface area contributed by atoms with Gasteiger partial charge in [0.2, 0.25) is 0 Å². The molecule has 0 radical (unpaired) electrons. The Morgan fingerprint density at radius 3 is 2.70 bits per heavy atom. The summed E-state index contributed by atoms with van der Waals surface area (Å²) in [6.45, 7) is 3.62. The number of likely N-dealkylation sites (tertiary alicyclic amines) is 1. The molecule has 0 atom stereocenters. The number of carbonyl (C=O) groups excluding carboxylic acids is 1. The lowest BCUT2D eigenvalue weighted by molar-refractivity contribution is 0.0922. The van der Waals surface area contributed by atoms with Gasteiger partial charge in [-0.15, -0.1) is 0 Å². The molecule has 1 aliphatic rings. The fourth-order valence-corrected chi connectivity index (χ4v) is 2.88. The Bertz CT molecular complexity index is 618. The average molecular weight is 313 g/mol. The molecule has 122 valence electrons. The van der Waals surface area contributed by atoms with Gasteiger partial charge in [0.25, 0.3) is 5.91 Å². The van der Waals surface area contributed by atoms with Gasteiger partial charge in [-0.25, -0.2) is 0 Å². The first-order chi connectivity index (χ1) is 11.3. The van der Waals surface area contributed by atoms with Crippen molar-refractivity contribution in [2.24, 2.45) is 0 Å². The van der Waals surface area contributed by atoms with Crippen LogP contribution in [0, 0.1) is 0 Å². The van der Waals surface area contributed by atoms with Gasteiger partial charge in [-0.1, -0.05) is 6.42 Å². The Hall–Kier alpha value is -2.14. The van der Waals surface area contributed by atoms with Crippen molar-refractivity contribution in [2.75, 3.05) is 19.6 Å². The third-order valence-electron chi connectivity index (χ3n) is 4.16. The zero-order valence-corrected chi connectivity index (χ0v) is 13.3. The van der Waals surface area contributed by atoms with Crippen LogP contribution in [0.5, 0.6) is 0 Å². The highest BCUT2D eigenvalue weighted by Crippen LogP contribution is 2.15. The number of hydrogen-bond donors (Lipinski definition) is 1. The van der Waals surface area contributed by atoms with E-state index >= 15 is 0 Å². The standard InChI is InChI=1S/C18H23N3O2/c22-18(20-11-8-15-6-9-19-10-7-15)17-5-4-16(23-17)14-21-12-2-1-3-13-21/h4-7,9-10H,1-3,8,11-14H2,(H,20,22). The van der Waals surface area contributed by atoms with Crippen molar-refractivity contribution in [3.8, 4) is 0 Å². The van der Waals surface area contributed by atoms with E-state index in [1.54, 1.807) is 18.5 Å². The first-order valence-electron chi connectivity index (χ1n) is 8.29. The first kappa shape index (κ1) is 15.7. The smallest absolute Gasteiger partial charge is 0.287 e. The number of nitrogens with zero attached hydrogens (tertiary/aromatic N) is 2. The van der Waals surface area contributed by atoms with Gasteiger partial charge in [0.1, 0.15) is 5.76 Å². The van der Waals surface area contributed by atoms with Crippen LogP contribution < -0.4 is 5.32 Å². The first-order valence-corrected chi connectivity index (χ1v) is 8.29. The Morgan fingerprint density at radius 2 is 1.91 bits per heavy atom. The Labute approximate surface area is 136 Å². The minimum absolute atomic E-state index is 0.149. The number of nitrogens with one attached hydrogen (secondary N) is 1. The molecule has 1 fully saturated rings. The molecule has 0 aromatic carbocycles. The maximum atomic E-state index is 12.1. The highest BCUT2D eigenvalue weighted by molar-refractivity contribution is 5.91. The number of rotatable bonds is 6. The molecule has 0 unspecified atom stereocenters. The molecule has 2 aromatic rings. The van der Waals surface area contributed by atoms with Gasteiger partial charge in [0.15, 0.2) is 5.76 Å². The van der Waals surface area contributed by atoms with E-state index in [1.165, 1.54) is 19.3 Å². The van der Waals surface area contributed by atoms with Gasteiger partial charge in [0, 0.05) is 18.9 Å². The summed E-state index contributed by atoms with van der Waals surface area (Å²) in [4.78, 5) is 18.5. The number of amides is 1. The molecule has 1 N–H and O–H groups in total. The highest BCUT2D eigenvalue weighted by atomic mass is 16.4. The van der Waals surface area contributed by atoms with E-state index in [2.05, 4.69) is 15.2 Å². The van der Waals surface area contributed by atoms with Crippen LogP contribution in [-0.4, -0.2) is 35.4 Å². The molecule has 1 aliphatic heterocycles. The molecule has 0 aliphatic carbocycles. The predicted molar refractivity (Wildman–Crippen MR) is 88.1 cm³/mol. The molecular weight excluding hydrogens is 290 g/mol. The van der Waals surface area contributed by atoms with E-state index in [9.17, 15) is 4.79 Å². The maximum absolute atomic E-state index is 12.1. The second-order valence-corrected chi connectivity index (χ2v) is 5.96. The summed E-state index contributed by atoms with van der Waals surface area (Å²) in [5.74, 6) is 1.11. The van der Waals surface area contributed by atoms with E-state index in [-0.39, 0.29) is 5.91 Å². The molecule has 23 heavy (non-hydrogen) atoms. The summed E-state index contributed by atoms with van der Waals surface area (Å²) in [5, 5.41) is 2.90. The van der Waals surface area contributed by atoms with Crippen molar-refractivity contribution in [1.82, 2.24) is 15.2 Å². The summed E-state index contributed by atoms with van der Waals surface area (Å²) in [6, 6.07) is 7.58. The number of aromatic nitrogens is 1. The van der Waals surface area contributed by atoms with Crippen LogP contribution in [0.25, 0.3) is 0 Å². The minimum atomic E-state index is -0.149. The van der Waals surface area contributed by atoms with Crippen LogP contribution in [0.15, 0.2) is 41.1 Å². The van der Waals surface area contributed by atoms with Crippen molar-refractivity contribution < 1.29 is 9.21 Å². The maximum Gasteiger partial charge on any atom is 0.287 e. The van der Waals surface area contributed by atoms with Gasteiger partial charge in [-0.05, 0) is 62.2 Å². The van der Waals surface area contributed by atoms with Crippen LogP contribution >= 0.6 is 0 Å². The van der Waals surface area contributed by atoms with E-state index in [0.717, 1.165) is 37.4 Å². The SMILES string of the molecule is O=C(NCCc1ccncc1)c1ccc(CN2CCCCC2)o1. The molecule has 1 saturated heterocycles. The second kappa shape index (κ2) is 7.92. The summed E-state index contributed by atoms with van der Waals surface area (Å²) in [6.07, 6.45) is 8.13. The number of pyridine rings is 1. The van der Waals surface area contributed by atoms with Crippen LogP contribution in [0.4, 0.5) is 0 Å². The molecular formula is C18H23N3O2. The third kappa shape index (κ3) is 4.66. The highest BCUT2D eigenvalue weighted by Gasteiger charge is 2.15. The quantitative estimate of drug-likeness (QED) is 0.890. The van der Waals surface area contributed by atoms with Crippen molar-refractivity contribution in [3.63, 3.8) is 0 Å². The van der Waals surface area contributed by atoms with Crippen LogP contribution in [-0.2, 0) is 13.0 Å². The normalized spacial score (nSPS) is 15.5. The zero-order valence-electron chi connectivity index (χ0n) is 13.3. The van der Waals surface area contributed by atoms with E-state index in [4.69, 9.17) is 4.42 Å². The number of piperidine rings is 1. The molecule has 0 spiro atoms. The van der Waals surface area contributed by atoms with Crippen LogP contribution in [0.1, 0.15) is 41.1 Å². The van der Waals surface area contributed by atoms with Gasteiger partial charge in [-0.3, -0.25) is 14.7 Å². The zero-order chi connectivity index (χ0) is 15.9. The largest absolute Gasteiger partial charge is 0.455 e. The average Bonchev–Trinajstić information content (AvgIpc) is 3.05.